The number of halogens is 3. The number of hydrogen-bond acceptors (Lipinski definition) is 1. The first-order valence-corrected chi connectivity index (χ1v) is 4.97. The Morgan fingerprint density at radius 2 is 1.69 bits per heavy atom. The normalized spacial score (nSPS) is 13.3. The van der Waals surface area contributed by atoms with E-state index >= 15 is 0 Å². The standard InChI is InChI=1S/C10H18F3N2.Y/c1-5-6-8(15-9(2,3)4)14-7-10(11,12)13;/h5-7H2,1-4H3;/q-1;. The molecule has 93 valence electrons. The second-order valence-corrected chi connectivity index (χ2v) is 4.38. The summed E-state index contributed by atoms with van der Waals surface area (Å²) in [7, 11) is 0. The van der Waals surface area contributed by atoms with Gasteiger partial charge in [-0.15, -0.1) is 0 Å². The summed E-state index contributed by atoms with van der Waals surface area (Å²) in [5.41, 5.74) is -0.375. The quantitative estimate of drug-likeness (QED) is 0.558. The predicted octanol–water partition coefficient (Wildman–Crippen LogP) is 3.92. The fourth-order valence-electron chi connectivity index (χ4n) is 0.962. The zero-order valence-corrected chi connectivity index (χ0v) is 13.1. The van der Waals surface area contributed by atoms with Gasteiger partial charge in [0.2, 0.25) is 0 Å². The van der Waals surface area contributed by atoms with Crippen molar-refractivity contribution in [1.29, 1.82) is 0 Å². The first kappa shape index (κ1) is 18.7. The van der Waals surface area contributed by atoms with Crippen molar-refractivity contribution in [2.24, 2.45) is 4.99 Å². The SMILES string of the molecule is CCCC(=NC(C)(C)C)[N-]CC(F)(F)F.[Y]. The monoisotopic (exact) mass is 312 g/mol. The van der Waals surface area contributed by atoms with Crippen LogP contribution in [0, 0.1) is 0 Å². The summed E-state index contributed by atoms with van der Waals surface area (Å²) >= 11 is 0. The van der Waals surface area contributed by atoms with Gasteiger partial charge in [0, 0.05) is 39.3 Å². The van der Waals surface area contributed by atoms with Gasteiger partial charge >= 0.3 is 6.18 Å². The van der Waals surface area contributed by atoms with E-state index in [0.717, 1.165) is 6.42 Å². The van der Waals surface area contributed by atoms with Gasteiger partial charge in [-0.3, -0.25) is 0 Å². The number of alkyl halides is 3. The van der Waals surface area contributed by atoms with Crippen LogP contribution in [0.4, 0.5) is 13.2 Å². The van der Waals surface area contributed by atoms with Gasteiger partial charge in [0.1, 0.15) is 0 Å². The summed E-state index contributed by atoms with van der Waals surface area (Å²) in [5.74, 6) is 0.308. The van der Waals surface area contributed by atoms with Crippen LogP contribution in [-0.4, -0.2) is 24.1 Å². The van der Waals surface area contributed by atoms with Gasteiger partial charge in [0.25, 0.3) is 0 Å². The van der Waals surface area contributed by atoms with Crippen LogP contribution >= 0.6 is 0 Å². The Bertz CT molecular complexity index is 219. The topological polar surface area (TPSA) is 26.5 Å². The van der Waals surface area contributed by atoms with E-state index in [2.05, 4.69) is 10.3 Å². The number of amidine groups is 1. The van der Waals surface area contributed by atoms with Crippen LogP contribution in [0.5, 0.6) is 0 Å². The number of rotatable bonds is 3. The molecule has 0 saturated carbocycles. The molecule has 0 aromatic rings. The van der Waals surface area contributed by atoms with Crippen molar-refractivity contribution in [3.8, 4) is 0 Å². The molecule has 0 atom stereocenters. The summed E-state index contributed by atoms with van der Waals surface area (Å²) in [6, 6.07) is 0. The fourth-order valence-corrected chi connectivity index (χ4v) is 0.962. The smallest absolute Gasteiger partial charge is 0.388 e. The Balaban J connectivity index is 0. The molecule has 1 radical (unpaired) electrons. The molecule has 0 bridgehead atoms. The summed E-state index contributed by atoms with van der Waals surface area (Å²) in [6.07, 6.45) is -3.00. The molecule has 0 saturated heterocycles. The second kappa shape index (κ2) is 7.64. The molecule has 0 aliphatic rings. The maximum atomic E-state index is 11.9. The molecule has 0 amide bonds. The summed E-state index contributed by atoms with van der Waals surface area (Å²) in [5, 5.41) is 3.50. The first-order chi connectivity index (χ1) is 6.64. The predicted molar refractivity (Wildman–Crippen MR) is 56.4 cm³/mol. The van der Waals surface area contributed by atoms with E-state index in [1.165, 1.54) is 0 Å². The second-order valence-electron chi connectivity index (χ2n) is 4.38. The van der Waals surface area contributed by atoms with Crippen LogP contribution in [0.15, 0.2) is 4.99 Å². The number of nitrogens with zero attached hydrogens (tertiary/aromatic N) is 2. The Kier molecular flexibility index (Phi) is 8.94. The summed E-state index contributed by atoms with van der Waals surface area (Å²) in [6.45, 7) is 6.27. The molecule has 2 nitrogen and oxygen atoms in total. The molecule has 0 aliphatic heterocycles. The van der Waals surface area contributed by atoms with Crippen molar-refractivity contribution in [3.05, 3.63) is 5.32 Å². The molecule has 0 rings (SSSR count). The average Bonchev–Trinajstić information content (AvgIpc) is 1.96. The van der Waals surface area contributed by atoms with Crippen LogP contribution in [0.3, 0.4) is 0 Å². The molecule has 0 aliphatic carbocycles. The molecule has 0 spiro atoms. The van der Waals surface area contributed by atoms with Crippen LogP contribution in [0.25, 0.3) is 5.32 Å². The Labute approximate surface area is 120 Å². The van der Waals surface area contributed by atoms with E-state index in [0.29, 0.717) is 12.3 Å². The maximum absolute atomic E-state index is 11.9. The minimum absolute atomic E-state index is 0. The molecule has 0 unspecified atom stereocenters. The van der Waals surface area contributed by atoms with E-state index in [4.69, 9.17) is 0 Å². The van der Waals surface area contributed by atoms with Crippen molar-refractivity contribution in [3.63, 3.8) is 0 Å². The third kappa shape index (κ3) is 12.4. The zero-order valence-electron chi connectivity index (χ0n) is 10.2. The summed E-state index contributed by atoms with van der Waals surface area (Å²) < 4.78 is 35.8. The largest absolute Gasteiger partial charge is 0.463 e. The van der Waals surface area contributed by atoms with Gasteiger partial charge in [-0.2, -0.15) is 13.2 Å². The van der Waals surface area contributed by atoms with Crippen LogP contribution in [0.2, 0.25) is 0 Å². The van der Waals surface area contributed by atoms with E-state index in [1.54, 1.807) is 0 Å². The third-order valence-electron chi connectivity index (χ3n) is 1.38. The minimum atomic E-state index is -4.24. The minimum Gasteiger partial charge on any atom is -0.463 e. The number of hydrogen-bond donors (Lipinski definition) is 0. The Hall–Kier alpha value is 0.364. The Morgan fingerprint density at radius 3 is 2.00 bits per heavy atom. The van der Waals surface area contributed by atoms with E-state index < -0.39 is 12.7 Å². The van der Waals surface area contributed by atoms with Crippen molar-refractivity contribution in [2.75, 3.05) is 6.54 Å². The summed E-state index contributed by atoms with van der Waals surface area (Å²) in [4.78, 5) is 4.15. The Morgan fingerprint density at radius 1 is 1.19 bits per heavy atom. The molecule has 0 aromatic carbocycles. The van der Waals surface area contributed by atoms with E-state index in [-0.39, 0.29) is 38.2 Å². The first-order valence-electron chi connectivity index (χ1n) is 4.97. The van der Waals surface area contributed by atoms with Crippen LogP contribution in [0.1, 0.15) is 40.5 Å². The zero-order chi connectivity index (χ0) is 12.1. The molecule has 0 heterocycles. The van der Waals surface area contributed by atoms with Crippen molar-refractivity contribution < 1.29 is 45.9 Å². The fraction of sp³-hybridized carbons (Fsp3) is 0.900. The third-order valence-corrected chi connectivity index (χ3v) is 1.38. The van der Waals surface area contributed by atoms with Gasteiger partial charge < -0.3 is 10.3 Å². The van der Waals surface area contributed by atoms with Crippen molar-refractivity contribution in [1.82, 2.24) is 0 Å². The van der Waals surface area contributed by atoms with Crippen LogP contribution in [-0.2, 0) is 32.7 Å². The number of aliphatic imine (C=N–C) groups is 1. The van der Waals surface area contributed by atoms with Gasteiger partial charge in [0.15, 0.2) is 0 Å². The van der Waals surface area contributed by atoms with Gasteiger partial charge in [0.05, 0.1) is 0 Å². The van der Waals surface area contributed by atoms with Gasteiger partial charge in [-0.1, -0.05) is 40.0 Å². The molecule has 0 fully saturated rings. The van der Waals surface area contributed by atoms with Crippen molar-refractivity contribution >= 4 is 5.84 Å². The van der Waals surface area contributed by atoms with Crippen molar-refractivity contribution in [2.45, 2.75) is 52.3 Å². The van der Waals surface area contributed by atoms with Gasteiger partial charge in [-0.05, 0) is 12.0 Å². The molecule has 0 aromatic heterocycles. The molecule has 16 heavy (non-hydrogen) atoms. The van der Waals surface area contributed by atoms with Gasteiger partial charge in [-0.25, -0.2) is 0 Å². The maximum Gasteiger partial charge on any atom is 0.388 e. The van der Waals surface area contributed by atoms with E-state index in [1.807, 2.05) is 27.7 Å². The molecule has 6 heteroatoms. The molecular formula is C10H18F3N2Y-. The van der Waals surface area contributed by atoms with E-state index in [9.17, 15) is 13.2 Å². The molecule has 0 N–H and O–H groups in total. The average molecular weight is 312 g/mol. The molecular weight excluding hydrogens is 294 g/mol. The van der Waals surface area contributed by atoms with Crippen LogP contribution < -0.4 is 0 Å².